The summed E-state index contributed by atoms with van der Waals surface area (Å²) in [5.41, 5.74) is 2.05. The second-order valence-electron chi connectivity index (χ2n) is 6.62. The number of carbonyl (C=O) groups excluding carboxylic acids is 1. The van der Waals surface area contributed by atoms with E-state index in [1.165, 1.54) is 12.8 Å². The molecule has 1 aliphatic heterocycles. The molecule has 1 aromatic carbocycles. The number of hydrogen-bond donors (Lipinski definition) is 1. The van der Waals surface area contributed by atoms with Gasteiger partial charge in [-0.15, -0.1) is 0 Å². The lowest BCUT2D eigenvalue weighted by atomic mass is 9.97. The number of methoxy groups -OCH3 is 3. The summed E-state index contributed by atoms with van der Waals surface area (Å²) in [7, 11) is 4.89. The number of nitrogens with one attached hydrogen (secondary N) is 1. The molecule has 150 valence electrons. The largest absolute Gasteiger partial charge is 0.496 e. The van der Waals surface area contributed by atoms with Gasteiger partial charge in [-0.1, -0.05) is 32.3 Å². The average molecular weight is 376 g/mol. The molecule has 0 unspecified atom stereocenters. The molecule has 1 heterocycles. The highest BCUT2D eigenvalue weighted by atomic mass is 16.5. The van der Waals surface area contributed by atoms with E-state index in [0.29, 0.717) is 30.3 Å². The topological polar surface area (TPSA) is 60.0 Å². The first kappa shape index (κ1) is 20.9. The Morgan fingerprint density at radius 2 is 1.78 bits per heavy atom. The Morgan fingerprint density at radius 3 is 2.30 bits per heavy atom. The molecule has 0 fully saturated rings. The maximum atomic E-state index is 12.3. The monoisotopic (exact) mass is 376 g/mol. The summed E-state index contributed by atoms with van der Waals surface area (Å²) in [6.45, 7) is 4.18. The van der Waals surface area contributed by atoms with Gasteiger partial charge >= 0.3 is 6.03 Å². The first-order chi connectivity index (χ1) is 13.1. The minimum absolute atomic E-state index is 0.00968. The van der Waals surface area contributed by atoms with Gasteiger partial charge in [0.25, 0.3) is 0 Å². The fraction of sp³-hybridized carbons (Fsp3) is 0.571. The molecule has 1 N–H and O–H groups in total. The van der Waals surface area contributed by atoms with Crippen molar-refractivity contribution < 1.29 is 19.0 Å². The Labute approximate surface area is 162 Å². The summed E-state index contributed by atoms with van der Waals surface area (Å²) in [4.78, 5) is 14.2. The summed E-state index contributed by atoms with van der Waals surface area (Å²) in [5.74, 6) is 2.12. The lowest BCUT2D eigenvalue weighted by Crippen LogP contribution is -2.42. The van der Waals surface area contributed by atoms with E-state index in [9.17, 15) is 4.79 Å². The molecular formula is C21H32N2O4. The molecule has 0 atom stereocenters. The van der Waals surface area contributed by atoms with Crippen molar-refractivity contribution in [2.24, 2.45) is 0 Å². The van der Waals surface area contributed by atoms with Crippen molar-refractivity contribution in [2.45, 2.75) is 39.0 Å². The van der Waals surface area contributed by atoms with E-state index in [4.69, 9.17) is 14.2 Å². The molecule has 0 saturated carbocycles. The standard InChI is InChI=1S/C21H32N2O4/c1-5-6-7-8-11-22-21(24)23-12-9-16(10-13-23)20-18(26-3)14-17(25-2)15-19(20)27-4/h9,14-15H,5-8,10-13H2,1-4H3,(H,22,24). The molecule has 0 aromatic heterocycles. The molecule has 0 spiro atoms. The summed E-state index contributed by atoms with van der Waals surface area (Å²) < 4.78 is 16.4. The van der Waals surface area contributed by atoms with Gasteiger partial charge in [0.1, 0.15) is 17.2 Å². The number of benzene rings is 1. The Kier molecular flexibility index (Phi) is 8.30. The first-order valence-electron chi connectivity index (χ1n) is 9.66. The maximum absolute atomic E-state index is 12.3. The maximum Gasteiger partial charge on any atom is 0.317 e. The molecule has 2 rings (SSSR count). The van der Waals surface area contributed by atoms with E-state index in [2.05, 4.69) is 18.3 Å². The fourth-order valence-corrected chi connectivity index (χ4v) is 3.26. The van der Waals surface area contributed by atoms with Crippen LogP contribution in [0.3, 0.4) is 0 Å². The molecule has 0 saturated heterocycles. The molecule has 0 radical (unpaired) electrons. The van der Waals surface area contributed by atoms with Crippen molar-refractivity contribution in [2.75, 3.05) is 41.0 Å². The van der Waals surface area contributed by atoms with E-state index >= 15 is 0 Å². The van der Waals surface area contributed by atoms with Crippen LogP contribution in [0.4, 0.5) is 4.79 Å². The van der Waals surface area contributed by atoms with Crippen LogP contribution in [0.5, 0.6) is 17.2 Å². The van der Waals surface area contributed by atoms with Crippen LogP contribution in [0.1, 0.15) is 44.6 Å². The number of nitrogens with zero attached hydrogens (tertiary/aromatic N) is 1. The van der Waals surface area contributed by atoms with Crippen LogP contribution in [0, 0.1) is 0 Å². The minimum atomic E-state index is 0.00968. The number of hydrogen-bond acceptors (Lipinski definition) is 4. The highest BCUT2D eigenvalue weighted by Gasteiger charge is 2.22. The minimum Gasteiger partial charge on any atom is -0.496 e. The quantitative estimate of drug-likeness (QED) is 0.660. The molecule has 0 aliphatic carbocycles. The Morgan fingerprint density at radius 1 is 1.07 bits per heavy atom. The summed E-state index contributed by atoms with van der Waals surface area (Å²) in [5, 5.41) is 3.02. The summed E-state index contributed by atoms with van der Waals surface area (Å²) >= 11 is 0. The zero-order valence-corrected chi connectivity index (χ0v) is 17.0. The fourth-order valence-electron chi connectivity index (χ4n) is 3.26. The molecule has 6 nitrogen and oxygen atoms in total. The highest BCUT2D eigenvalue weighted by Crippen LogP contribution is 2.40. The average Bonchev–Trinajstić information content (AvgIpc) is 2.72. The molecule has 27 heavy (non-hydrogen) atoms. The van der Waals surface area contributed by atoms with E-state index in [-0.39, 0.29) is 6.03 Å². The van der Waals surface area contributed by atoms with Crippen LogP contribution in [0.2, 0.25) is 0 Å². The van der Waals surface area contributed by atoms with Crippen molar-refractivity contribution in [1.82, 2.24) is 10.2 Å². The zero-order chi connectivity index (χ0) is 19.6. The van der Waals surface area contributed by atoms with Crippen molar-refractivity contribution in [3.05, 3.63) is 23.8 Å². The zero-order valence-electron chi connectivity index (χ0n) is 17.0. The number of amides is 2. The third-order valence-electron chi connectivity index (χ3n) is 4.84. The third-order valence-corrected chi connectivity index (χ3v) is 4.84. The molecular weight excluding hydrogens is 344 g/mol. The van der Waals surface area contributed by atoms with Gasteiger partial charge in [0.05, 0.1) is 26.9 Å². The second kappa shape index (κ2) is 10.7. The summed E-state index contributed by atoms with van der Waals surface area (Å²) in [6, 6.07) is 3.72. The number of carbonyl (C=O) groups is 1. The van der Waals surface area contributed by atoms with Crippen molar-refractivity contribution in [3.63, 3.8) is 0 Å². The van der Waals surface area contributed by atoms with E-state index in [1.807, 2.05) is 17.0 Å². The van der Waals surface area contributed by atoms with Gasteiger partial charge in [-0.25, -0.2) is 4.79 Å². The van der Waals surface area contributed by atoms with Gasteiger partial charge in [0, 0.05) is 31.8 Å². The van der Waals surface area contributed by atoms with Crippen LogP contribution in [-0.2, 0) is 0 Å². The van der Waals surface area contributed by atoms with Gasteiger partial charge in [0.2, 0.25) is 0 Å². The van der Waals surface area contributed by atoms with Crippen molar-refractivity contribution in [1.29, 1.82) is 0 Å². The summed E-state index contributed by atoms with van der Waals surface area (Å²) in [6.07, 6.45) is 7.45. The SMILES string of the molecule is CCCCCCNC(=O)N1CC=C(c2c(OC)cc(OC)cc2OC)CC1. The number of rotatable bonds is 9. The van der Waals surface area contributed by atoms with Crippen LogP contribution in [-0.4, -0.2) is 51.9 Å². The number of urea groups is 1. The van der Waals surface area contributed by atoms with Gasteiger partial charge < -0.3 is 24.4 Å². The van der Waals surface area contributed by atoms with Gasteiger partial charge in [-0.05, 0) is 18.4 Å². The van der Waals surface area contributed by atoms with Crippen molar-refractivity contribution in [3.8, 4) is 17.2 Å². The highest BCUT2D eigenvalue weighted by molar-refractivity contribution is 5.80. The number of unbranched alkanes of at least 4 members (excludes halogenated alkanes) is 3. The lowest BCUT2D eigenvalue weighted by Gasteiger charge is -2.28. The van der Waals surface area contributed by atoms with Gasteiger partial charge in [0.15, 0.2) is 0 Å². The molecule has 2 amide bonds. The molecule has 1 aliphatic rings. The van der Waals surface area contributed by atoms with Crippen LogP contribution < -0.4 is 19.5 Å². The van der Waals surface area contributed by atoms with E-state index < -0.39 is 0 Å². The third kappa shape index (κ3) is 5.55. The molecule has 1 aromatic rings. The van der Waals surface area contributed by atoms with E-state index in [1.54, 1.807) is 21.3 Å². The second-order valence-corrected chi connectivity index (χ2v) is 6.62. The van der Waals surface area contributed by atoms with Crippen LogP contribution in [0.25, 0.3) is 5.57 Å². The predicted molar refractivity (Wildman–Crippen MR) is 108 cm³/mol. The van der Waals surface area contributed by atoms with Crippen molar-refractivity contribution >= 4 is 11.6 Å². The Bertz CT molecular complexity index is 633. The van der Waals surface area contributed by atoms with Gasteiger partial charge in [-0.2, -0.15) is 0 Å². The van der Waals surface area contributed by atoms with E-state index in [0.717, 1.165) is 36.9 Å². The lowest BCUT2D eigenvalue weighted by molar-refractivity contribution is 0.203. The Hall–Kier alpha value is -2.37. The predicted octanol–water partition coefficient (Wildman–Crippen LogP) is 4.09. The van der Waals surface area contributed by atoms with Crippen LogP contribution in [0.15, 0.2) is 18.2 Å². The first-order valence-corrected chi connectivity index (χ1v) is 9.66. The smallest absolute Gasteiger partial charge is 0.317 e. The molecule has 0 bridgehead atoms. The normalized spacial score (nSPS) is 13.8. The van der Waals surface area contributed by atoms with Crippen LogP contribution >= 0.6 is 0 Å². The number of ether oxygens (including phenoxy) is 3. The Balaban J connectivity index is 2.03. The van der Waals surface area contributed by atoms with Gasteiger partial charge in [-0.3, -0.25) is 0 Å². The molecule has 6 heteroatoms.